The van der Waals surface area contributed by atoms with Crippen LogP contribution in [-0.4, -0.2) is 13.6 Å². The maximum absolute atomic E-state index is 3.28. The van der Waals surface area contributed by atoms with Gasteiger partial charge >= 0.3 is 0 Å². The van der Waals surface area contributed by atoms with Gasteiger partial charge in [0.15, 0.2) is 0 Å². The van der Waals surface area contributed by atoms with Gasteiger partial charge in [-0.1, -0.05) is 49.4 Å². The summed E-state index contributed by atoms with van der Waals surface area (Å²) in [7, 11) is 2.02. The Hall–Kier alpha value is -1.34. The van der Waals surface area contributed by atoms with Crippen LogP contribution in [0, 0.1) is 0 Å². The van der Waals surface area contributed by atoms with Crippen molar-refractivity contribution < 1.29 is 0 Å². The molecule has 84 valence electrons. The minimum Gasteiger partial charge on any atom is -0.319 e. The summed E-state index contributed by atoms with van der Waals surface area (Å²) in [4.78, 5) is 0. The summed E-state index contributed by atoms with van der Waals surface area (Å²) >= 11 is 0. The summed E-state index contributed by atoms with van der Waals surface area (Å²) in [6.07, 6.45) is 1.18. The molecule has 1 unspecified atom stereocenters. The van der Waals surface area contributed by atoms with E-state index < -0.39 is 0 Å². The standard InChI is InChI=1S/C15H19N/c1-3-12(11-16-2)14-10-6-8-13-7-4-5-9-15(13)14/h4-10,12,16H,3,11H2,1-2H3. The van der Waals surface area contributed by atoms with Crippen LogP contribution in [0.15, 0.2) is 42.5 Å². The van der Waals surface area contributed by atoms with Gasteiger partial charge in [-0.3, -0.25) is 0 Å². The second-order valence-corrected chi connectivity index (χ2v) is 4.23. The van der Waals surface area contributed by atoms with Crippen molar-refractivity contribution in [3.8, 4) is 0 Å². The van der Waals surface area contributed by atoms with Crippen LogP contribution in [0.2, 0.25) is 0 Å². The molecule has 0 saturated heterocycles. The molecule has 0 amide bonds. The Morgan fingerprint density at radius 1 is 1.06 bits per heavy atom. The fraction of sp³-hybridized carbons (Fsp3) is 0.333. The molecule has 1 nitrogen and oxygen atoms in total. The van der Waals surface area contributed by atoms with Crippen molar-refractivity contribution in [3.63, 3.8) is 0 Å². The van der Waals surface area contributed by atoms with E-state index in [0.717, 1.165) is 6.54 Å². The number of fused-ring (bicyclic) bond motifs is 1. The predicted octanol–water partition coefficient (Wildman–Crippen LogP) is 3.55. The monoisotopic (exact) mass is 213 g/mol. The fourth-order valence-electron chi connectivity index (χ4n) is 2.33. The summed E-state index contributed by atoms with van der Waals surface area (Å²) in [5.41, 5.74) is 1.47. The van der Waals surface area contributed by atoms with Crippen LogP contribution in [0.5, 0.6) is 0 Å². The topological polar surface area (TPSA) is 12.0 Å². The van der Waals surface area contributed by atoms with E-state index in [9.17, 15) is 0 Å². The highest BCUT2D eigenvalue weighted by Gasteiger charge is 2.10. The number of rotatable bonds is 4. The number of hydrogen-bond acceptors (Lipinski definition) is 1. The molecule has 1 heteroatoms. The molecule has 0 aliphatic heterocycles. The Kier molecular flexibility index (Phi) is 3.58. The average molecular weight is 213 g/mol. The molecule has 2 aromatic carbocycles. The van der Waals surface area contributed by atoms with Crippen molar-refractivity contribution in [1.29, 1.82) is 0 Å². The van der Waals surface area contributed by atoms with E-state index in [-0.39, 0.29) is 0 Å². The first-order valence-corrected chi connectivity index (χ1v) is 5.99. The summed E-state index contributed by atoms with van der Waals surface area (Å²) in [6.45, 7) is 3.30. The van der Waals surface area contributed by atoms with E-state index in [0.29, 0.717) is 5.92 Å². The first-order chi connectivity index (χ1) is 7.86. The molecule has 0 aliphatic carbocycles. The number of hydrogen-bond donors (Lipinski definition) is 1. The largest absolute Gasteiger partial charge is 0.319 e. The molecule has 2 aromatic rings. The Labute approximate surface area is 97.5 Å². The highest BCUT2D eigenvalue weighted by Crippen LogP contribution is 2.27. The summed E-state index contributed by atoms with van der Waals surface area (Å²) in [5.74, 6) is 0.607. The van der Waals surface area contributed by atoms with Crippen molar-refractivity contribution in [1.82, 2.24) is 5.32 Å². The molecule has 1 N–H and O–H groups in total. The van der Waals surface area contributed by atoms with Crippen LogP contribution in [0.25, 0.3) is 10.8 Å². The highest BCUT2D eigenvalue weighted by atomic mass is 14.8. The third-order valence-corrected chi connectivity index (χ3v) is 3.21. The van der Waals surface area contributed by atoms with Gasteiger partial charge in [0, 0.05) is 6.54 Å². The molecule has 0 fully saturated rings. The second-order valence-electron chi connectivity index (χ2n) is 4.23. The van der Waals surface area contributed by atoms with Gasteiger partial charge in [-0.05, 0) is 35.7 Å². The molecular weight excluding hydrogens is 194 g/mol. The molecule has 0 bridgehead atoms. The van der Waals surface area contributed by atoms with Crippen LogP contribution < -0.4 is 5.32 Å². The van der Waals surface area contributed by atoms with Crippen molar-refractivity contribution in [2.45, 2.75) is 19.3 Å². The third-order valence-electron chi connectivity index (χ3n) is 3.21. The van der Waals surface area contributed by atoms with Gasteiger partial charge in [0.05, 0.1) is 0 Å². The minimum absolute atomic E-state index is 0.607. The van der Waals surface area contributed by atoms with Crippen LogP contribution in [0.1, 0.15) is 24.8 Å². The summed E-state index contributed by atoms with van der Waals surface area (Å²) in [5, 5.41) is 6.02. The summed E-state index contributed by atoms with van der Waals surface area (Å²) < 4.78 is 0. The number of likely N-dealkylation sites (N-methyl/N-ethyl adjacent to an activating group) is 1. The van der Waals surface area contributed by atoms with Crippen molar-refractivity contribution in [2.24, 2.45) is 0 Å². The lowest BCUT2D eigenvalue weighted by Gasteiger charge is -2.17. The average Bonchev–Trinajstić information content (AvgIpc) is 2.35. The fourth-order valence-corrected chi connectivity index (χ4v) is 2.33. The van der Waals surface area contributed by atoms with Crippen LogP contribution in [-0.2, 0) is 0 Å². The third kappa shape index (κ3) is 2.10. The second kappa shape index (κ2) is 5.13. The quantitative estimate of drug-likeness (QED) is 0.819. The Morgan fingerprint density at radius 3 is 2.56 bits per heavy atom. The molecule has 0 heterocycles. The molecule has 2 rings (SSSR count). The normalized spacial score (nSPS) is 12.9. The molecule has 0 aliphatic rings. The SMILES string of the molecule is CCC(CNC)c1cccc2ccccc12. The van der Waals surface area contributed by atoms with E-state index in [1.165, 1.54) is 22.8 Å². The highest BCUT2D eigenvalue weighted by molar-refractivity contribution is 5.86. The number of benzene rings is 2. The molecule has 0 aromatic heterocycles. The van der Waals surface area contributed by atoms with Gasteiger partial charge in [-0.2, -0.15) is 0 Å². The lowest BCUT2D eigenvalue weighted by Crippen LogP contribution is -2.16. The van der Waals surface area contributed by atoms with Gasteiger partial charge < -0.3 is 5.32 Å². The first kappa shape index (κ1) is 11.2. The Morgan fingerprint density at radius 2 is 1.81 bits per heavy atom. The van der Waals surface area contributed by atoms with Crippen LogP contribution in [0.3, 0.4) is 0 Å². The van der Waals surface area contributed by atoms with Gasteiger partial charge in [-0.25, -0.2) is 0 Å². The molecule has 0 saturated carbocycles. The van der Waals surface area contributed by atoms with Gasteiger partial charge in [-0.15, -0.1) is 0 Å². The lowest BCUT2D eigenvalue weighted by atomic mass is 9.91. The number of nitrogens with one attached hydrogen (secondary N) is 1. The van der Waals surface area contributed by atoms with Crippen LogP contribution in [0.4, 0.5) is 0 Å². The van der Waals surface area contributed by atoms with Gasteiger partial charge in [0.2, 0.25) is 0 Å². The zero-order chi connectivity index (χ0) is 11.4. The van der Waals surface area contributed by atoms with Crippen molar-refractivity contribution in [3.05, 3.63) is 48.0 Å². The predicted molar refractivity (Wildman–Crippen MR) is 70.9 cm³/mol. The maximum Gasteiger partial charge on any atom is 0.00172 e. The molecular formula is C15H19N. The zero-order valence-corrected chi connectivity index (χ0v) is 10.0. The summed E-state index contributed by atoms with van der Waals surface area (Å²) in [6, 6.07) is 15.2. The maximum atomic E-state index is 3.28. The minimum atomic E-state index is 0.607. The van der Waals surface area contributed by atoms with E-state index in [4.69, 9.17) is 0 Å². The Bertz CT molecular complexity index is 456. The van der Waals surface area contributed by atoms with Crippen LogP contribution >= 0.6 is 0 Å². The smallest absolute Gasteiger partial charge is 0.00172 e. The van der Waals surface area contributed by atoms with E-state index >= 15 is 0 Å². The van der Waals surface area contributed by atoms with Crippen molar-refractivity contribution in [2.75, 3.05) is 13.6 Å². The molecule has 16 heavy (non-hydrogen) atoms. The lowest BCUT2D eigenvalue weighted by molar-refractivity contribution is 0.615. The van der Waals surface area contributed by atoms with Gasteiger partial charge in [0.1, 0.15) is 0 Å². The zero-order valence-electron chi connectivity index (χ0n) is 10.0. The van der Waals surface area contributed by atoms with E-state index in [2.05, 4.69) is 54.7 Å². The molecule has 0 spiro atoms. The van der Waals surface area contributed by atoms with E-state index in [1.807, 2.05) is 7.05 Å². The van der Waals surface area contributed by atoms with E-state index in [1.54, 1.807) is 0 Å². The van der Waals surface area contributed by atoms with Gasteiger partial charge in [0.25, 0.3) is 0 Å². The van der Waals surface area contributed by atoms with Crippen molar-refractivity contribution >= 4 is 10.8 Å². The Balaban J connectivity index is 2.50. The molecule has 1 atom stereocenters. The first-order valence-electron chi connectivity index (χ1n) is 5.99. The molecule has 0 radical (unpaired) electrons.